The first-order valence-electron chi connectivity index (χ1n) is 11.8. The molecule has 5 atom stereocenters. The highest BCUT2D eigenvalue weighted by Crippen LogP contribution is 2.55. The smallest absolute Gasteiger partial charge is 0.417 e. The molecule has 0 saturated carbocycles. The Morgan fingerprint density at radius 2 is 1.92 bits per heavy atom. The monoisotopic (exact) mass is 543 g/mol. The molecule has 0 bridgehead atoms. The Morgan fingerprint density at radius 3 is 2.50 bits per heavy atom. The standard InChI is InChI=1S/C25H26F5N3O5/c1-11-18(15-4-5-16(26)19(27)20(15)37-12(2)13-9-36-10-13)21(38-24(11,3)25(28,29)30)23(35)33-14-6-7-32-17(8-14)22(31)34/h4-8,11-13,18,21H,9-10H2,1-3H3,(H2,31,34)(H,32,33,35)/t11-,12-,18-,21+,24+/m0/s1. The van der Waals surface area contributed by atoms with Crippen molar-refractivity contribution < 1.29 is 45.8 Å². The number of hydrogen-bond acceptors (Lipinski definition) is 6. The van der Waals surface area contributed by atoms with Gasteiger partial charge in [-0.25, -0.2) is 4.39 Å². The van der Waals surface area contributed by atoms with Gasteiger partial charge in [0.05, 0.1) is 13.2 Å². The van der Waals surface area contributed by atoms with Crippen molar-refractivity contribution in [1.29, 1.82) is 0 Å². The number of nitrogens with one attached hydrogen (secondary N) is 1. The molecule has 2 aliphatic heterocycles. The summed E-state index contributed by atoms with van der Waals surface area (Å²) in [7, 11) is 0. The lowest BCUT2D eigenvalue weighted by molar-refractivity contribution is -0.272. The molecule has 206 valence electrons. The van der Waals surface area contributed by atoms with Gasteiger partial charge in [-0.1, -0.05) is 13.0 Å². The second-order valence-electron chi connectivity index (χ2n) is 9.64. The van der Waals surface area contributed by atoms with Crippen molar-refractivity contribution in [2.45, 2.75) is 50.7 Å². The van der Waals surface area contributed by atoms with Crippen molar-refractivity contribution in [1.82, 2.24) is 4.98 Å². The normalized spacial score (nSPS) is 26.5. The number of carbonyl (C=O) groups is 2. The van der Waals surface area contributed by atoms with Crippen LogP contribution < -0.4 is 15.8 Å². The molecule has 2 amide bonds. The molecule has 2 saturated heterocycles. The minimum absolute atomic E-state index is 0.0229. The molecule has 1 aromatic heterocycles. The van der Waals surface area contributed by atoms with E-state index in [1.807, 2.05) is 0 Å². The summed E-state index contributed by atoms with van der Waals surface area (Å²) in [5.74, 6) is -8.08. The molecule has 0 unspecified atom stereocenters. The number of amides is 2. The molecule has 2 aromatic rings. The van der Waals surface area contributed by atoms with Gasteiger partial charge in [0.2, 0.25) is 5.82 Å². The number of primary amides is 1. The first-order valence-corrected chi connectivity index (χ1v) is 11.8. The maximum Gasteiger partial charge on any atom is 0.417 e. The zero-order valence-electron chi connectivity index (χ0n) is 20.6. The fourth-order valence-corrected chi connectivity index (χ4v) is 4.62. The Labute approximate surface area is 214 Å². The summed E-state index contributed by atoms with van der Waals surface area (Å²) in [6.07, 6.45) is -6.18. The predicted octanol–water partition coefficient (Wildman–Crippen LogP) is 3.95. The van der Waals surface area contributed by atoms with Crippen molar-refractivity contribution in [2.24, 2.45) is 17.6 Å². The molecule has 0 radical (unpaired) electrons. The minimum Gasteiger partial charge on any atom is -0.487 e. The number of nitrogens with zero attached hydrogens (tertiary/aromatic N) is 1. The summed E-state index contributed by atoms with van der Waals surface area (Å²) in [5, 5.41) is 2.41. The van der Waals surface area contributed by atoms with Crippen LogP contribution in [0.15, 0.2) is 30.5 Å². The predicted molar refractivity (Wildman–Crippen MR) is 123 cm³/mol. The molecular formula is C25H26F5N3O5. The third-order valence-electron chi connectivity index (χ3n) is 7.28. The van der Waals surface area contributed by atoms with Gasteiger partial charge < -0.3 is 25.3 Å². The summed E-state index contributed by atoms with van der Waals surface area (Å²) >= 11 is 0. The summed E-state index contributed by atoms with van der Waals surface area (Å²) in [4.78, 5) is 28.5. The van der Waals surface area contributed by atoms with Gasteiger partial charge in [0, 0.05) is 35.2 Å². The number of benzene rings is 1. The number of aromatic nitrogens is 1. The van der Waals surface area contributed by atoms with Gasteiger partial charge in [-0.05, 0) is 32.0 Å². The van der Waals surface area contributed by atoms with Crippen LogP contribution in [-0.4, -0.2) is 54.0 Å². The van der Waals surface area contributed by atoms with Crippen LogP contribution in [-0.2, 0) is 14.3 Å². The average molecular weight is 543 g/mol. The van der Waals surface area contributed by atoms with Crippen LogP contribution in [0.3, 0.4) is 0 Å². The Hall–Kier alpha value is -3.32. The second-order valence-corrected chi connectivity index (χ2v) is 9.64. The van der Waals surface area contributed by atoms with E-state index in [-0.39, 0.29) is 22.9 Å². The number of carbonyl (C=O) groups excluding carboxylic acids is 2. The van der Waals surface area contributed by atoms with Crippen molar-refractivity contribution in [3.63, 3.8) is 0 Å². The number of anilines is 1. The summed E-state index contributed by atoms with van der Waals surface area (Å²) in [6, 6.07) is 4.31. The van der Waals surface area contributed by atoms with Gasteiger partial charge in [-0.15, -0.1) is 0 Å². The molecule has 4 rings (SSSR count). The van der Waals surface area contributed by atoms with Crippen LogP contribution in [0.2, 0.25) is 0 Å². The van der Waals surface area contributed by atoms with E-state index in [2.05, 4.69) is 10.3 Å². The van der Waals surface area contributed by atoms with Gasteiger partial charge in [0.25, 0.3) is 11.8 Å². The highest BCUT2D eigenvalue weighted by Gasteiger charge is 2.66. The van der Waals surface area contributed by atoms with Gasteiger partial charge in [-0.2, -0.15) is 17.6 Å². The number of ether oxygens (including phenoxy) is 3. The fraction of sp³-hybridized carbons (Fsp3) is 0.480. The van der Waals surface area contributed by atoms with Crippen LogP contribution in [0.1, 0.15) is 42.7 Å². The Morgan fingerprint density at radius 1 is 1.24 bits per heavy atom. The molecule has 13 heteroatoms. The Bertz CT molecular complexity index is 1240. The number of alkyl halides is 3. The van der Waals surface area contributed by atoms with E-state index in [0.29, 0.717) is 13.2 Å². The van der Waals surface area contributed by atoms with E-state index in [9.17, 15) is 27.2 Å². The molecule has 0 spiro atoms. The van der Waals surface area contributed by atoms with Crippen molar-refractivity contribution in [3.8, 4) is 5.75 Å². The Balaban J connectivity index is 1.76. The van der Waals surface area contributed by atoms with Gasteiger partial charge in [0.1, 0.15) is 17.9 Å². The van der Waals surface area contributed by atoms with E-state index in [0.717, 1.165) is 25.1 Å². The molecular weight excluding hydrogens is 517 g/mol. The van der Waals surface area contributed by atoms with Crippen LogP contribution in [0, 0.1) is 23.5 Å². The molecule has 2 aliphatic rings. The molecule has 3 heterocycles. The molecule has 0 aliphatic carbocycles. The number of nitrogens with two attached hydrogens (primary N) is 1. The first-order chi connectivity index (χ1) is 17.7. The van der Waals surface area contributed by atoms with E-state index in [4.69, 9.17) is 19.9 Å². The average Bonchev–Trinajstić information content (AvgIpc) is 3.08. The van der Waals surface area contributed by atoms with E-state index < -0.39 is 65.0 Å². The zero-order chi connectivity index (χ0) is 28.0. The van der Waals surface area contributed by atoms with E-state index in [1.165, 1.54) is 19.2 Å². The maximum atomic E-state index is 15.1. The van der Waals surface area contributed by atoms with Crippen LogP contribution >= 0.6 is 0 Å². The molecule has 2 fully saturated rings. The summed E-state index contributed by atoms with van der Waals surface area (Å²) in [6.45, 7) is 4.28. The Kier molecular flexibility index (Phi) is 7.36. The maximum absolute atomic E-state index is 15.1. The SMILES string of the molecule is C[C@H](Oc1c([C@H]2[C@H](C(=O)Nc3ccnc(C(N)=O)c3)O[C@@](C)(C(F)(F)F)[C@H]2C)ccc(F)c1F)C1COC1. The second kappa shape index (κ2) is 10.1. The topological polar surface area (TPSA) is 113 Å². The highest BCUT2D eigenvalue weighted by molar-refractivity contribution is 5.97. The third kappa shape index (κ3) is 4.92. The summed E-state index contributed by atoms with van der Waals surface area (Å²) in [5.41, 5.74) is 2.07. The van der Waals surface area contributed by atoms with Gasteiger partial charge in [0.15, 0.2) is 17.2 Å². The number of rotatable bonds is 7. The lowest BCUT2D eigenvalue weighted by Gasteiger charge is -2.34. The number of pyridine rings is 1. The summed E-state index contributed by atoms with van der Waals surface area (Å²) < 4.78 is 88.2. The van der Waals surface area contributed by atoms with E-state index >= 15 is 4.39 Å². The quantitative estimate of drug-likeness (QED) is 0.512. The molecule has 3 N–H and O–H groups in total. The first kappa shape index (κ1) is 27.7. The highest BCUT2D eigenvalue weighted by atomic mass is 19.4. The number of hydrogen-bond donors (Lipinski definition) is 2. The van der Waals surface area contributed by atoms with Crippen LogP contribution in [0.25, 0.3) is 0 Å². The van der Waals surface area contributed by atoms with Crippen LogP contribution in [0.5, 0.6) is 5.75 Å². The van der Waals surface area contributed by atoms with Gasteiger partial charge >= 0.3 is 6.18 Å². The lowest BCUT2D eigenvalue weighted by atomic mass is 9.77. The van der Waals surface area contributed by atoms with Gasteiger partial charge in [-0.3, -0.25) is 14.6 Å². The number of halogens is 5. The third-order valence-corrected chi connectivity index (χ3v) is 7.28. The molecule has 38 heavy (non-hydrogen) atoms. The molecule has 1 aromatic carbocycles. The minimum atomic E-state index is -4.91. The zero-order valence-corrected chi connectivity index (χ0v) is 20.6. The van der Waals surface area contributed by atoms with Crippen molar-refractivity contribution in [2.75, 3.05) is 18.5 Å². The van der Waals surface area contributed by atoms with E-state index in [1.54, 1.807) is 6.92 Å². The van der Waals surface area contributed by atoms with Crippen LogP contribution in [0.4, 0.5) is 27.6 Å². The molecule has 8 nitrogen and oxygen atoms in total. The van der Waals surface area contributed by atoms with Crippen molar-refractivity contribution in [3.05, 3.63) is 53.4 Å². The van der Waals surface area contributed by atoms with Crippen molar-refractivity contribution >= 4 is 17.5 Å². The fourth-order valence-electron chi connectivity index (χ4n) is 4.62. The largest absolute Gasteiger partial charge is 0.487 e. The lowest BCUT2D eigenvalue weighted by Crippen LogP contribution is -2.47.